The zero-order valence-corrected chi connectivity index (χ0v) is 12.1. The molecule has 2 atom stereocenters. The van der Waals surface area contributed by atoms with Crippen molar-refractivity contribution in [3.8, 4) is 0 Å². The second-order valence-electron chi connectivity index (χ2n) is 5.05. The molecule has 1 saturated heterocycles. The molecule has 1 aromatic carbocycles. The second kappa shape index (κ2) is 5.50. The molecule has 4 heteroatoms. The predicted molar refractivity (Wildman–Crippen MR) is 75.5 cm³/mol. The van der Waals surface area contributed by atoms with E-state index in [9.17, 15) is 4.79 Å². The minimum Gasteiger partial charge on any atom is -0.338 e. The van der Waals surface area contributed by atoms with Crippen molar-refractivity contribution in [1.82, 2.24) is 4.90 Å². The number of nitrogens with zero attached hydrogens (tertiary/aromatic N) is 1. The summed E-state index contributed by atoms with van der Waals surface area (Å²) in [6, 6.07) is 5.46. The highest BCUT2D eigenvalue weighted by Crippen LogP contribution is 2.24. The molecule has 1 aliphatic heterocycles. The number of carbonyl (C=O) groups excluding carboxylic acids is 1. The second-order valence-corrected chi connectivity index (χ2v) is 6.05. The number of amides is 1. The van der Waals surface area contributed by atoms with Gasteiger partial charge in [-0.1, -0.05) is 18.5 Å². The van der Waals surface area contributed by atoms with Gasteiger partial charge in [-0.3, -0.25) is 4.79 Å². The number of halogens is 2. The Morgan fingerprint density at radius 1 is 1.39 bits per heavy atom. The molecule has 1 fully saturated rings. The molecule has 2 rings (SSSR count). The van der Waals surface area contributed by atoms with Crippen LogP contribution in [0.3, 0.4) is 0 Å². The molecule has 0 spiro atoms. The van der Waals surface area contributed by atoms with Crippen molar-refractivity contribution in [2.24, 2.45) is 5.92 Å². The van der Waals surface area contributed by atoms with Gasteiger partial charge in [0.05, 0.1) is 0 Å². The number of likely N-dealkylation sites (tertiary alicyclic amines) is 1. The van der Waals surface area contributed by atoms with Crippen LogP contribution in [0, 0.1) is 12.8 Å². The van der Waals surface area contributed by atoms with Crippen molar-refractivity contribution in [3.05, 3.63) is 34.3 Å². The van der Waals surface area contributed by atoms with Gasteiger partial charge in [0, 0.05) is 29.1 Å². The monoisotopic (exact) mass is 285 g/mol. The van der Waals surface area contributed by atoms with Crippen molar-refractivity contribution in [1.29, 1.82) is 0 Å². The third-order valence-electron chi connectivity index (χ3n) is 3.38. The van der Waals surface area contributed by atoms with Gasteiger partial charge in [-0.05, 0) is 43.0 Å². The maximum absolute atomic E-state index is 12.4. The standard InChI is InChI=1S/C14H17Cl2NO/c1-9-5-11(7-12(15)6-9)14(18)17-4-3-13(16)10(2)8-17/h5-7,10,13H,3-4,8H2,1-2H3. The van der Waals surface area contributed by atoms with Gasteiger partial charge in [0.25, 0.3) is 5.91 Å². The fourth-order valence-electron chi connectivity index (χ4n) is 2.34. The maximum Gasteiger partial charge on any atom is 0.253 e. The summed E-state index contributed by atoms with van der Waals surface area (Å²) >= 11 is 12.2. The normalized spacial score (nSPS) is 24.1. The van der Waals surface area contributed by atoms with Crippen LogP contribution < -0.4 is 0 Å². The Hall–Kier alpha value is -0.730. The van der Waals surface area contributed by atoms with Crippen LogP contribution in [-0.2, 0) is 0 Å². The van der Waals surface area contributed by atoms with E-state index in [1.807, 2.05) is 24.0 Å². The van der Waals surface area contributed by atoms with Crippen LogP contribution in [0.4, 0.5) is 0 Å². The first-order valence-corrected chi connectivity index (χ1v) is 6.99. The lowest BCUT2D eigenvalue weighted by atomic mass is 9.98. The van der Waals surface area contributed by atoms with E-state index in [2.05, 4.69) is 6.92 Å². The van der Waals surface area contributed by atoms with Gasteiger partial charge in [0.1, 0.15) is 0 Å². The summed E-state index contributed by atoms with van der Waals surface area (Å²) in [6.07, 6.45) is 0.855. The highest BCUT2D eigenvalue weighted by atomic mass is 35.5. The van der Waals surface area contributed by atoms with Crippen LogP contribution >= 0.6 is 23.2 Å². The quantitative estimate of drug-likeness (QED) is 0.720. The number of benzene rings is 1. The molecular weight excluding hydrogens is 269 g/mol. The van der Waals surface area contributed by atoms with Gasteiger partial charge >= 0.3 is 0 Å². The van der Waals surface area contributed by atoms with Crippen LogP contribution in [0.5, 0.6) is 0 Å². The number of hydrogen-bond acceptors (Lipinski definition) is 1. The summed E-state index contributed by atoms with van der Waals surface area (Å²) in [7, 11) is 0. The molecule has 0 radical (unpaired) electrons. The van der Waals surface area contributed by atoms with Gasteiger partial charge in [0.15, 0.2) is 0 Å². The highest BCUT2D eigenvalue weighted by Gasteiger charge is 2.27. The molecule has 0 saturated carbocycles. The van der Waals surface area contributed by atoms with Gasteiger partial charge < -0.3 is 4.90 Å². The van der Waals surface area contributed by atoms with Crippen LogP contribution in [0.2, 0.25) is 5.02 Å². The smallest absolute Gasteiger partial charge is 0.253 e. The van der Waals surface area contributed by atoms with E-state index in [1.54, 1.807) is 6.07 Å². The summed E-state index contributed by atoms with van der Waals surface area (Å²) in [5.41, 5.74) is 1.67. The molecule has 0 aromatic heterocycles. The van der Waals surface area contributed by atoms with Crippen molar-refractivity contribution in [2.75, 3.05) is 13.1 Å². The fraction of sp³-hybridized carbons (Fsp3) is 0.500. The number of rotatable bonds is 1. The van der Waals surface area contributed by atoms with E-state index >= 15 is 0 Å². The molecule has 1 heterocycles. The number of piperidine rings is 1. The third kappa shape index (κ3) is 2.99. The predicted octanol–water partition coefficient (Wildman–Crippen LogP) is 3.74. The lowest BCUT2D eigenvalue weighted by Gasteiger charge is -2.34. The molecule has 18 heavy (non-hydrogen) atoms. The molecule has 0 N–H and O–H groups in total. The molecule has 0 bridgehead atoms. The first-order chi connectivity index (χ1) is 8.47. The molecule has 2 unspecified atom stereocenters. The first-order valence-electron chi connectivity index (χ1n) is 6.18. The Bertz CT molecular complexity index is 441. The Morgan fingerprint density at radius 3 is 2.72 bits per heavy atom. The molecular formula is C14H17Cl2NO. The zero-order chi connectivity index (χ0) is 13.3. The average molecular weight is 286 g/mol. The van der Waals surface area contributed by atoms with Crippen molar-refractivity contribution >= 4 is 29.1 Å². The minimum absolute atomic E-state index is 0.0519. The van der Waals surface area contributed by atoms with Gasteiger partial charge in [-0.2, -0.15) is 0 Å². The Kier molecular flexibility index (Phi) is 4.18. The molecule has 98 valence electrons. The highest BCUT2D eigenvalue weighted by molar-refractivity contribution is 6.31. The summed E-state index contributed by atoms with van der Waals surface area (Å²) in [5.74, 6) is 0.390. The molecule has 2 nitrogen and oxygen atoms in total. The fourth-order valence-corrected chi connectivity index (χ4v) is 2.81. The number of carbonyl (C=O) groups is 1. The summed E-state index contributed by atoms with van der Waals surface area (Å²) in [5, 5.41) is 0.786. The molecule has 0 aliphatic carbocycles. The third-order valence-corrected chi connectivity index (χ3v) is 4.24. The van der Waals surface area contributed by atoms with Gasteiger partial charge in [-0.15, -0.1) is 11.6 Å². The Labute approximate surface area is 118 Å². The summed E-state index contributed by atoms with van der Waals surface area (Å²) in [4.78, 5) is 14.3. The van der Waals surface area contributed by atoms with Crippen LogP contribution in [0.1, 0.15) is 29.3 Å². The summed E-state index contributed by atoms with van der Waals surface area (Å²) in [6.45, 7) is 5.47. The van der Waals surface area contributed by atoms with Crippen molar-refractivity contribution in [3.63, 3.8) is 0 Å². The van der Waals surface area contributed by atoms with E-state index < -0.39 is 0 Å². The van der Waals surface area contributed by atoms with E-state index in [1.165, 1.54) is 0 Å². The number of hydrogen-bond donors (Lipinski definition) is 0. The first kappa shape index (κ1) is 13.7. The van der Waals surface area contributed by atoms with E-state index in [4.69, 9.17) is 23.2 Å². The van der Waals surface area contributed by atoms with Crippen LogP contribution in [0.25, 0.3) is 0 Å². The van der Waals surface area contributed by atoms with Crippen molar-refractivity contribution in [2.45, 2.75) is 25.6 Å². The van der Waals surface area contributed by atoms with Crippen molar-refractivity contribution < 1.29 is 4.79 Å². The molecule has 1 aromatic rings. The molecule has 1 amide bonds. The SMILES string of the molecule is Cc1cc(Cl)cc(C(=O)N2CCC(Cl)C(C)C2)c1. The van der Waals surface area contributed by atoms with E-state index in [-0.39, 0.29) is 11.3 Å². The largest absolute Gasteiger partial charge is 0.338 e. The maximum atomic E-state index is 12.4. The lowest BCUT2D eigenvalue weighted by Crippen LogP contribution is -2.43. The van der Waals surface area contributed by atoms with E-state index in [0.29, 0.717) is 16.5 Å². The Balaban J connectivity index is 2.16. The number of alkyl halides is 1. The zero-order valence-electron chi connectivity index (χ0n) is 10.6. The van der Waals surface area contributed by atoms with Crippen LogP contribution in [-0.4, -0.2) is 29.3 Å². The average Bonchev–Trinajstić information content (AvgIpc) is 2.30. The number of aryl methyl sites for hydroxylation is 1. The lowest BCUT2D eigenvalue weighted by molar-refractivity contribution is 0.0687. The van der Waals surface area contributed by atoms with Crippen LogP contribution in [0.15, 0.2) is 18.2 Å². The molecule has 1 aliphatic rings. The summed E-state index contributed by atoms with van der Waals surface area (Å²) < 4.78 is 0. The van der Waals surface area contributed by atoms with Gasteiger partial charge in [0.2, 0.25) is 0 Å². The Morgan fingerprint density at radius 2 is 2.11 bits per heavy atom. The van der Waals surface area contributed by atoms with E-state index in [0.717, 1.165) is 25.1 Å². The topological polar surface area (TPSA) is 20.3 Å². The van der Waals surface area contributed by atoms with Gasteiger partial charge in [-0.25, -0.2) is 0 Å². The minimum atomic E-state index is 0.0519.